The number of hydrogen-bond donors (Lipinski definition) is 2. The third-order valence-corrected chi connectivity index (χ3v) is 5.05. The monoisotopic (exact) mass is 374 g/mol. The van der Waals surface area contributed by atoms with Crippen molar-refractivity contribution < 1.29 is 14.3 Å². The van der Waals surface area contributed by atoms with Crippen LogP contribution in [0.4, 0.5) is 11.4 Å². The Balaban J connectivity index is 1.36. The summed E-state index contributed by atoms with van der Waals surface area (Å²) in [4.78, 5) is 28.6. The molecule has 0 saturated carbocycles. The Hall–Kier alpha value is -2.12. The van der Waals surface area contributed by atoms with Gasteiger partial charge in [0.15, 0.2) is 0 Å². The van der Waals surface area contributed by atoms with Crippen LogP contribution in [0.1, 0.15) is 25.7 Å². The van der Waals surface area contributed by atoms with Crippen LogP contribution in [-0.4, -0.2) is 69.2 Å². The molecule has 2 aliphatic heterocycles. The lowest BCUT2D eigenvalue weighted by Gasteiger charge is -2.28. The Kier molecular flexibility index (Phi) is 7.47. The van der Waals surface area contributed by atoms with E-state index in [4.69, 9.17) is 4.74 Å². The summed E-state index contributed by atoms with van der Waals surface area (Å²) in [5, 5.41) is 5.61. The highest BCUT2D eigenvalue weighted by molar-refractivity contribution is 6.03. The molecule has 0 radical (unpaired) electrons. The fourth-order valence-corrected chi connectivity index (χ4v) is 3.50. The maximum Gasteiger partial charge on any atom is 0.233 e. The van der Waals surface area contributed by atoms with E-state index in [1.54, 1.807) is 0 Å². The van der Waals surface area contributed by atoms with Crippen LogP contribution in [0, 0.1) is 0 Å². The Labute approximate surface area is 161 Å². The van der Waals surface area contributed by atoms with E-state index in [2.05, 4.69) is 20.4 Å². The van der Waals surface area contributed by atoms with E-state index in [0.29, 0.717) is 6.54 Å². The smallest absolute Gasteiger partial charge is 0.233 e. The van der Waals surface area contributed by atoms with Gasteiger partial charge >= 0.3 is 0 Å². The van der Waals surface area contributed by atoms with Crippen LogP contribution in [0.2, 0.25) is 0 Å². The zero-order chi connectivity index (χ0) is 18.9. The first-order valence-corrected chi connectivity index (χ1v) is 9.92. The first-order valence-electron chi connectivity index (χ1n) is 9.92. The quantitative estimate of drug-likeness (QED) is 0.707. The van der Waals surface area contributed by atoms with Gasteiger partial charge < -0.3 is 20.3 Å². The van der Waals surface area contributed by atoms with E-state index in [1.165, 1.54) is 24.9 Å². The number of piperidine rings is 1. The molecule has 0 spiro atoms. The van der Waals surface area contributed by atoms with Gasteiger partial charge in [-0.2, -0.15) is 0 Å². The normalized spacial score (nSPS) is 18.1. The topological polar surface area (TPSA) is 73.9 Å². The minimum absolute atomic E-state index is 0.156. The summed E-state index contributed by atoms with van der Waals surface area (Å²) < 4.78 is 5.29. The van der Waals surface area contributed by atoms with Gasteiger partial charge in [0, 0.05) is 50.6 Å². The first-order chi connectivity index (χ1) is 13.2. The number of hydrogen-bond acceptors (Lipinski definition) is 5. The number of amides is 2. The van der Waals surface area contributed by atoms with Crippen molar-refractivity contribution in [3.63, 3.8) is 0 Å². The lowest BCUT2D eigenvalue weighted by atomic mass is 10.1. The molecule has 2 N–H and O–H groups in total. The standard InChI is InChI=1S/C20H30N4O3/c25-19(21-8-11-23-12-14-27-15-13-23)16-20(26)22-17-4-6-18(7-5-17)24-9-2-1-3-10-24/h4-7H,1-3,8-16H2,(H,21,25)(H,22,26). The van der Waals surface area contributed by atoms with Crippen LogP contribution in [0.15, 0.2) is 24.3 Å². The van der Waals surface area contributed by atoms with E-state index >= 15 is 0 Å². The van der Waals surface area contributed by atoms with E-state index in [-0.39, 0.29) is 18.2 Å². The molecule has 0 bridgehead atoms. The molecule has 0 unspecified atom stereocenters. The molecule has 148 valence electrons. The molecular formula is C20H30N4O3. The number of nitrogens with zero attached hydrogens (tertiary/aromatic N) is 2. The lowest BCUT2D eigenvalue weighted by Crippen LogP contribution is -2.41. The number of carbonyl (C=O) groups excluding carboxylic acids is 2. The average molecular weight is 374 g/mol. The summed E-state index contributed by atoms with van der Waals surface area (Å²) in [6, 6.07) is 7.86. The average Bonchev–Trinajstić information content (AvgIpc) is 2.70. The second-order valence-electron chi connectivity index (χ2n) is 7.12. The molecule has 7 heteroatoms. The second-order valence-corrected chi connectivity index (χ2v) is 7.12. The number of carbonyl (C=O) groups is 2. The fraction of sp³-hybridized carbons (Fsp3) is 0.600. The molecule has 27 heavy (non-hydrogen) atoms. The molecule has 0 atom stereocenters. The van der Waals surface area contributed by atoms with Crippen LogP contribution in [0.5, 0.6) is 0 Å². The molecule has 1 aromatic carbocycles. The Morgan fingerprint density at radius 1 is 0.926 bits per heavy atom. The van der Waals surface area contributed by atoms with Crippen molar-refractivity contribution >= 4 is 23.2 Å². The van der Waals surface area contributed by atoms with E-state index in [1.807, 2.05) is 24.3 Å². The third-order valence-electron chi connectivity index (χ3n) is 5.05. The molecule has 7 nitrogen and oxygen atoms in total. The summed E-state index contributed by atoms with van der Waals surface area (Å²) >= 11 is 0. The predicted molar refractivity (Wildman–Crippen MR) is 106 cm³/mol. The summed E-state index contributed by atoms with van der Waals surface area (Å²) in [6.45, 7) is 6.80. The Morgan fingerprint density at radius 2 is 1.63 bits per heavy atom. The van der Waals surface area contributed by atoms with Gasteiger partial charge in [0.25, 0.3) is 0 Å². The highest BCUT2D eigenvalue weighted by Crippen LogP contribution is 2.21. The van der Waals surface area contributed by atoms with Crippen LogP contribution in [0.3, 0.4) is 0 Å². The van der Waals surface area contributed by atoms with Gasteiger partial charge in [-0.3, -0.25) is 14.5 Å². The van der Waals surface area contributed by atoms with Crippen LogP contribution in [0.25, 0.3) is 0 Å². The molecule has 2 fully saturated rings. The molecule has 2 heterocycles. The Morgan fingerprint density at radius 3 is 2.33 bits per heavy atom. The van der Waals surface area contributed by atoms with Gasteiger partial charge in [-0.05, 0) is 43.5 Å². The van der Waals surface area contributed by atoms with Crippen molar-refractivity contribution in [2.75, 3.05) is 62.7 Å². The number of rotatable bonds is 7. The van der Waals surface area contributed by atoms with Gasteiger partial charge in [-0.1, -0.05) is 0 Å². The van der Waals surface area contributed by atoms with Gasteiger partial charge in [0.1, 0.15) is 6.42 Å². The highest BCUT2D eigenvalue weighted by Gasteiger charge is 2.13. The second kappa shape index (κ2) is 10.3. The summed E-state index contributed by atoms with van der Waals surface area (Å²) in [5.41, 5.74) is 1.91. The van der Waals surface area contributed by atoms with E-state index in [9.17, 15) is 9.59 Å². The van der Waals surface area contributed by atoms with E-state index < -0.39 is 0 Å². The summed E-state index contributed by atoms with van der Waals surface area (Å²) in [6.07, 6.45) is 3.62. The van der Waals surface area contributed by atoms with Crippen molar-refractivity contribution in [3.8, 4) is 0 Å². The molecule has 0 aromatic heterocycles. The molecule has 0 aliphatic carbocycles. The van der Waals surface area contributed by atoms with Crippen molar-refractivity contribution in [2.24, 2.45) is 0 Å². The molecule has 2 amide bonds. The van der Waals surface area contributed by atoms with Crippen molar-refractivity contribution in [1.29, 1.82) is 0 Å². The van der Waals surface area contributed by atoms with Crippen molar-refractivity contribution in [3.05, 3.63) is 24.3 Å². The highest BCUT2D eigenvalue weighted by atomic mass is 16.5. The van der Waals surface area contributed by atoms with Crippen LogP contribution in [-0.2, 0) is 14.3 Å². The van der Waals surface area contributed by atoms with Crippen LogP contribution < -0.4 is 15.5 Å². The number of nitrogens with one attached hydrogen (secondary N) is 2. The molecule has 3 rings (SSSR count). The number of ether oxygens (including phenoxy) is 1. The number of morpholine rings is 1. The summed E-state index contributed by atoms with van der Waals surface area (Å²) in [7, 11) is 0. The lowest BCUT2D eigenvalue weighted by molar-refractivity contribution is -0.126. The maximum absolute atomic E-state index is 12.1. The molecule has 1 aromatic rings. The largest absolute Gasteiger partial charge is 0.379 e. The van der Waals surface area contributed by atoms with Crippen molar-refractivity contribution in [1.82, 2.24) is 10.2 Å². The van der Waals surface area contributed by atoms with Gasteiger partial charge in [-0.15, -0.1) is 0 Å². The minimum atomic E-state index is -0.287. The predicted octanol–water partition coefficient (Wildman–Crippen LogP) is 1.45. The number of anilines is 2. The first kappa shape index (κ1) is 19.6. The summed E-state index contributed by atoms with van der Waals surface area (Å²) in [5.74, 6) is -0.532. The molecular weight excluding hydrogens is 344 g/mol. The Bertz CT molecular complexity index is 608. The zero-order valence-corrected chi connectivity index (χ0v) is 15.9. The third kappa shape index (κ3) is 6.52. The van der Waals surface area contributed by atoms with Crippen molar-refractivity contribution in [2.45, 2.75) is 25.7 Å². The van der Waals surface area contributed by atoms with Gasteiger partial charge in [0.05, 0.1) is 13.2 Å². The fourth-order valence-electron chi connectivity index (χ4n) is 3.50. The van der Waals surface area contributed by atoms with Gasteiger partial charge in [-0.25, -0.2) is 0 Å². The maximum atomic E-state index is 12.1. The number of benzene rings is 1. The zero-order valence-electron chi connectivity index (χ0n) is 15.9. The minimum Gasteiger partial charge on any atom is -0.379 e. The SMILES string of the molecule is O=C(CC(=O)Nc1ccc(N2CCCCC2)cc1)NCCN1CCOCC1. The van der Waals surface area contributed by atoms with E-state index in [0.717, 1.165) is 51.6 Å². The molecule has 2 saturated heterocycles. The van der Waals surface area contributed by atoms with Crippen LogP contribution >= 0.6 is 0 Å². The molecule has 2 aliphatic rings. The van der Waals surface area contributed by atoms with Gasteiger partial charge in [0.2, 0.25) is 11.8 Å².